The molecule has 1 fully saturated rings. The summed E-state index contributed by atoms with van der Waals surface area (Å²) in [5.41, 5.74) is 0. The molecule has 0 unspecified atom stereocenters. The van der Waals surface area contributed by atoms with Gasteiger partial charge in [0.15, 0.2) is 11.0 Å². The number of aromatic nitrogens is 3. The molecule has 1 aliphatic carbocycles. The summed E-state index contributed by atoms with van der Waals surface area (Å²) in [5.74, 6) is 1.89. The van der Waals surface area contributed by atoms with Gasteiger partial charge >= 0.3 is 0 Å². The topological polar surface area (TPSA) is 69.0 Å². The first-order valence-corrected chi connectivity index (χ1v) is 9.88. The molecule has 1 aromatic carbocycles. The quantitative estimate of drug-likeness (QED) is 0.541. The number of rotatable bonds is 9. The molecule has 0 spiro atoms. The first-order valence-electron chi connectivity index (χ1n) is 8.89. The molecule has 0 atom stereocenters. The molecule has 2 aromatic rings. The summed E-state index contributed by atoms with van der Waals surface area (Å²) in [6.07, 6.45) is 6.37. The number of hydrogen-bond donors (Lipinski definition) is 1. The Balaban J connectivity index is 1.57. The number of hydrogen-bond acceptors (Lipinski definition) is 5. The number of nitrogens with zero attached hydrogens (tertiary/aromatic N) is 3. The minimum absolute atomic E-state index is 0.0529. The van der Waals surface area contributed by atoms with Gasteiger partial charge in [-0.15, -0.1) is 16.8 Å². The van der Waals surface area contributed by atoms with Gasteiger partial charge in [-0.1, -0.05) is 48.9 Å². The summed E-state index contributed by atoms with van der Waals surface area (Å²) in [7, 11) is 0. The first kappa shape index (κ1) is 18.5. The molecule has 1 aromatic heterocycles. The molecule has 3 rings (SSSR count). The van der Waals surface area contributed by atoms with Gasteiger partial charge in [0, 0.05) is 12.6 Å². The van der Waals surface area contributed by atoms with Crippen molar-refractivity contribution in [1.82, 2.24) is 20.1 Å². The number of carbonyl (C=O) groups excluding carboxylic acids is 1. The Kier molecular flexibility index (Phi) is 6.71. The maximum absolute atomic E-state index is 12.1. The number of amides is 1. The molecular formula is C19H24N4O2S. The third-order valence-corrected chi connectivity index (χ3v) is 5.24. The van der Waals surface area contributed by atoms with Crippen LogP contribution in [0.5, 0.6) is 5.75 Å². The molecule has 1 saturated carbocycles. The second-order valence-electron chi connectivity index (χ2n) is 6.24. The Bertz CT molecular complexity index is 726. The summed E-state index contributed by atoms with van der Waals surface area (Å²) in [5, 5.41) is 12.2. The molecule has 1 aliphatic rings. The highest BCUT2D eigenvalue weighted by molar-refractivity contribution is 7.99. The van der Waals surface area contributed by atoms with Gasteiger partial charge < -0.3 is 10.1 Å². The predicted molar refractivity (Wildman–Crippen MR) is 102 cm³/mol. The molecular weight excluding hydrogens is 348 g/mol. The van der Waals surface area contributed by atoms with Crippen molar-refractivity contribution >= 4 is 17.7 Å². The third-order valence-electron chi connectivity index (χ3n) is 4.27. The van der Waals surface area contributed by atoms with E-state index in [-0.39, 0.29) is 5.91 Å². The fraction of sp³-hybridized carbons (Fsp3) is 0.421. The molecule has 6 nitrogen and oxygen atoms in total. The monoisotopic (exact) mass is 372 g/mol. The van der Waals surface area contributed by atoms with Gasteiger partial charge in [0.1, 0.15) is 12.4 Å². The highest BCUT2D eigenvalue weighted by atomic mass is 32.2. The number of ether oxygens (including phenoxy) is 1. The van der Waals surface area contributed by atoms with Crippen molar-refractivity contribution in [3.63, 3.8) is 0 Å². The number of para-hydroxylation sites is 1. The Hall–Kier alpha value is -2.28. The van der Waals surface area contributed by atoms with Crippen LogP contribution >= 0.6 is 11.8 Å². The van der Waals surface area contributed by atoms with Gasteiger partial charge in [0.2, 0.25) is 5.91 Å². The lowest BCUT2D eigenvalue weighted by Gasteiger charge is -2.12. The van der Waals surface area contributed by atoms with E-state index in [0.29, 0.717) is 35.9 Å². The van der Waals surface area contributed by atoms with Crippen LogP contribution in [0.15, 0.2) is 48.1 Å². The van der Waals surface area contributed by atoms with Crippen LogP contribution in [-0.2, 0) is 17.9 Å². The predicted octanol–water partition coefficient (Wildman–Crippen LogP) is 3.19. The maximum Gasteiger partial charge on any atom is 0.230 e. The molecule has 1 heterocycles. The van der Waals surface area contributed by atoms with Crippen LogP contribution in [0, 0.1) is 0 Å². The van der Waals surface area contributed by atoms with Gasteiger partial charge in [-0.3, -0.25) is 9.36 Å². The highest BCUT2D eigenvalue weighted by Crippen LogP contribution is 2.20. The minimum atomic E-state index is 0.0529. The van der Waals surface area contributed by atoms with Gasteiger partial charge in [-0.2, -0.15) is 0 Å². The molecule has 26 heavy (non-hydrogen) atoms. The van der Waals surface area contributed by atoms with Crippen molar-refractivity contribution < 1.29 is 9.53 Å². The smallest absolute Gasteiger partial charge is 0.230 e. The lowest BCUT2D eigenvalue weighted by atomic mass is 10.2. The van der Waals surface area contributed by atoms with Crippen LogP contribution in [0.2, 0.25) is 0 Å². The highest BCUT2D eigenvalue weighted by Gasteiger charge is 2.18. The summed E-state index contributed by atoms with van der Waals surface area (Å²) in [4.78, 5) is 12.1. The lowest BCUT2D eigenvalue weighted by Crippen LogP contribution is -2.33. The van der Waals surface area contributed by atoms with Gasteiger partial charge in [-0.25, -0.2) is 0 Å². The van der Waals surface area contributed by atoms with E-state index in [1.165, 1.54) is 24.6 Å². The van der Waals surface area contributed by atoms with Crippen LogP contribution in [0.3, 0.4) is 0 Å². The van der Waals surface area contributed by atoms with E-state index >= 15 is 0 Å². The fourth-order valence-corrected chi connectivity index (χ4v) is 3.76. The van der Waals surface area contributed by atoms with E-state index in [1.807, 2.05) is 34.9 Å². The van der Waals surface area contributed by atoms with Crippen LogP contribution in [0.25, 0.3) is 0 Å². The van der Waals surface area contributed by atoms with Crippen molar-refractivity contribution in [2.24, 2.45) is 0 Å². The Morgan fingerprint density at radius 1 is 1.31 bits per heavy atom. The Labute approximate surface area is 158 Å². The Morgan fingerprint density at radius 3 is 2.81 bits per heavy atom. The van der Waals surface area contributed by atoms with Crippen LogP contribution in [0.1, 0.15) is 31.5 Å². The summed E-state index contributed by atoms with van der Waals surface area (Å²) >= 11 is 1.39. The largest absolute Gasteiger partial charge is 0.486 e. The zero-order chi connectivity index (χ0) is 18.2. The normalized spacial score (nSPS) is 14.3. The molecule has 138 valence electrons. The summed E-state index contributed by atoms with van der Waals surface area (Å²) in [6.45, 7) is 4.69. The second kappa shape index (κ2) is 9.43. The first-order chi connectivity index (χ1) is 12.8. The number of nitrogens with one attached hydrogen (secondary N) is 1. The zero-order valence-electron chi connectivity index (χ0n) is 14.8. The molecule has 7 heteroatoms. The lowest BCUT2D eigenvalue weighted by molar-refractivity contribution is -0.119. The van der Waals surface area contributed by atoms with Crippen LogP contribution in [0.4, 0.5) is 0 Å². The van der Waals surface area contributed by atoms with Gasteiger partial charge in [-0.05, 0) is 25.0 Å². The molecule has 1 N–H and O–H groups in total. The maximum atomic E-state index is 12.1. The number of thioether (sulfide) groups is 1. The fourth-order valence-electron chi connectivity index (χ4n) is 2.98. The number of allylic oxidation sites excluding steroid dienone is 1. The van der Waals surface area contributed by atoms with Crippen molar-refractivity contribution in [2.75, 3.05) is 5.75 Å². The van der Waals surface area contributed by atoms with Crippen molar-refractivity contribution in [3.05, 3.63) is 48.8 Å². The average molecular weight is 372 g/mol. The van der Waals surface area contributed by atoms with E-state index < -0.39 is 0 Å². The van der Waals surface area contributed by atoms with Crippen molar-refractivity contribution in [1.29, 1.82) is 0 Å². The number of carbonyl (C=O) groups is 1. The van der Waals surface area contributed by atoms with Gasteiger partial charge in [0.25, 0.3) is 0 Å². The standard InChI is InChI=1S/C19H24N4O2S/c1-2-12-23-17(13-25-16-10-4-3-5-11-16)21-22-19(23)26-14-18(24)20-15-8-6-7-9-15/h2-5,10-11,15H,1,6-9,12-14H2,(H,20,24). The van der Waals surface area contributed by atoms with Gasteiger partial charge in [0.05, 0.1) is 5.75 Å². The van der Waals surface area contributed by atoms with Crippen LogP contribution < -0.4 is 10.1 Å². The van der Waals surface area contributed by atoms with E-state index in [2.05, 4.69) is 22.1 Å². The van der Waals surface area contributed by atoms with Crippen molar-refractivity contribution in [3.8, 4) is 5.75 Å². The van der Waals surface area contributed by atoms with Crippen LogP contribution in [-0.4, -0.2) is 32.5 Å². The minimum Gasteiger partial charge on any atom is -0.486 e. The molecule has 0 aliphatic heterocycles. The van der Waals surface area contributed by atoms with E-state index in [4.69, 9.17) is 4.74 Å². The SMILES string of the molecule is C=CCn1c(COc2ccccc2)nnc1SCC(=O)NC1CCCC1. The third kappa shape index (κ3) is 5.11. The molecule has 0 bridgehead atoms. The summed E-state index contributed by atoms with van der Waals surface area (Å²) in [6, 6.07) is 9.93. The Morgan fingerprint density at radius 2 is 2.08 bits per heavy atom. The van der Waals surface area contributed by atoms with E-state index in [1.54, 1.807) is 6.08 Å². The van der Waals surface area contributed by atoms with E-state index in [9.17, 15) is 4.79 Å². The molecule has 0 radical (unpaired) electrons. The molecule has 0 saturated heterocycles. The molecule has 1 amide bonds. The van der Waals surface area contributed by atoms with E-state index in [0.717, 1.165) is 18.6 Å². The zero-order valence-corrected chi connectivity index (χ0v) is 15.6. The second-order valence-corrected chi connectivity index (χ2v) is 7.18. The average Bonchev–Trinajstić information content (AvgIpc) is 3.30. The van der Waals surface area contributed by atoms with Crippen molar-refractivity contribution in [2.45, 2.75) is 50.0 Å². The summed E-state index contributed by atoms with van der Waals surface area (Å²) < 4.78 is 7.69. The number of benzene rings is 1.